The summed E-state index contributed by atoms with van der Waals surface area (Å²) in [6.45, 7) is 9.53. The van der Waals surface area contributed by atoms with Crippen molar-refractivity contribution < 1.29 is 36.1 Å². The Labute approximate surface area is 395 Å². The molecule has 4 aliphatic rings. The van der Waals surface area contributed by atoms with Crippen LogP contribution in [0.5, 0.6) is 11.8 Å². The van der Waals surface area contributed by atoms with Crippen molar-refractivity contribution in [3.05, 3.63) is 100.0 Å². The predicted molar refractivity (Wildman–Crippen MR) is 248 cm³/mol. The Morgan fingerprint density at radius 2 is 1.14 bits per heavy atom. The van der Waals surface area contributed by atoms with Crippen LogP contribution >= 0.6 is 46.7 Å². The molecule has 5 aromatic heterocycles. The minimum absolute atomic E-state index is 0. The molecule has 1 N–H and O–H groups in total. The number of anilines is 1. The van der Waals surface area contributed by atoms with Crippen molar-refractivity contribution in [2.75, 3.05) is 57.5 Å². The van der Waals surface area contributed by atoms with E-state index in [1.807, 2.05) is 42.8 Å². The van der Waals surface area contributed by atoms with Crippen LogP contribution in [0.4, 0.5) is 14.7 Å². The van der Waals surface area contributed by atoms with Crippen molar-refractivity contribution in [3.8, 4) is 34.0 Å². The number of nitrogens with one attached hydrogen (secondary N) is 1. The average Bonchev–Trinajstić information content (AvgIpc) is 3.91. The lowest BCUT2D eigenvalue weighted by Crippen LogP contribution is -2.58. The fraction of sp³-hybridized carbons (Fsp3) is 0.364. The van der Waals surface area contributed by atoms with Crippen LogP contribution in [0.2, 0.25) is 5.02 Å². The van der Waals surface area contributed by atoms with Crippen LogP contribution in [0.25, 0.3) is 42.7 Å². The lowest BCUT2D eigenvalue weighted by Gasteiger charge is -2.46. The molecule has 11 rings (SSSR count). The third kappa shape index (κ3) is 9.97. The van der Waals surface area contributed by atoms with Gasteiger partial charge in [-0.25, -0.2) is 38.7 Å². The molecule has 9 heterocycles. The summed E-state index contributed by atoms with van der Waals surface area (Å²) < 4.78 is 71.9. The van der Waals surface area contributed by atoms with Crippen molar-refractivity contribution in [2.24, 2.45) is 23.7 Å². The first-order chi connectivity index (χ1) is 31.2. The fourth-order valence-corrected chi connectivity index (χ4v) is 10.8. The number of rotatable bonds is 7. The molecule has 4 fully saturated rings. The maximum absolute atomic E-state index is 14.7. The average molecular weight is 984 g/mol. The molecule has 0 spiro atoms. The summed E-state index contributed by atoms with van der Waals surface area (Å²) in [4.78, 5) is 28.6. The number of ether oxygens (including phenoxy) is 4. The molecule has 0 radical (unpaired) electrons. The molecule has 2 aromatic carbocycles. The number of thiophene rings is 2. The maximum atomic E-state index is 14.7. The summed E-state index contributed by atoms with van der Waals surface area (Å²) in [5, 5.41) is 7.82. The third-order valence-corrected chi connectivity index (χ3v) is 13.9. The van der Waals surface area contributed by atoms with Gasteiger partial charge in [0.25, 0.3) is 0 Å². The van der Waals surface area contributed by atoms with Gasteiger partial charge in [-0.05, 0) is 37.1 Å². The first-order valence-corrected chi connectivity index (χ1v) is 23.3. The summed E-state index contributed by atoms with van der Waals surface area (Å²) in [6, 6.07) is 10.5. The van der Waals surface area contributed by atoms with E-state index in [9.17, 15) is 8.78 Å². The lowest BCUT2D eigenvalue weighted by atomic mass is 9.84. The van der Waals surface area contributed by atoms with E-state index >= 15 is 0 Å². The molecule has 4 saturated heterocycles. The lowest BCUT2D eigenvalue weighted by molar-refractivity contribution is -0.0828. The topological polar surface area (TPSA) is 164 Å². The van der Waals surface area contributed by atoms with Gasteiger partial charge < -0.3 is 29.2 Å². The molecule has 0 saturated carbocycles. The van der Waals surface area contributed by atoms with Gasteiger partial charge in [-0.2, -0.15) is 8.42 Å². The summed E-state index contributed by atoms with van der Waals surface area (Å²) >= 11 is 8.17. The van der Waals surface area contributed by atoms with Gasteiger partial charge in [-0.15, -0.1) is 35.1 Å². The molecule has 4 atom stereocenters. The van der Waals surface area contributed by atoms with Crippen molar-refractivity contribution in [1.82, 2.24) is 35.2 Å². The Kier molecular flexibility index (Phi) is 14.9. The Hall–Kier alpha value is -4.86. The molecule has 340 valence electrons. The van der Waals surface area contributed by atoms with Crippen LogP contribution in [0.1, 0.15) is 11.1 Å². The molecule has 0 aliphatic carbocycles. The summed E-state index contributed by atoms with van der Waals surface area (Å²) in [5.74, 6) is 2.18. The second kappa shape index (κ2) is 20.8. The Morgan fingerprint density at radius 1 is 0.692 bits per heavy atom. The van der Waals surface area contributed by atoms with Gasteiger partial charge in [0.1, 0.15) is 45.9 Å². The minimum Gasteiger partial charge on any atom is -0.472 e. The number of benzene rings is 2. The molecule has 21 heteroatoms. The number of hydrogen-bond donors (Lipinski definition) is 1. The van der Waals surface area contributed by atoms with Gasteiger partial charge in [-0.1, -0.05) is 35.9 Å². The Morgan fingerprint density at radius 3 is 1.60 bits per heavy atom. The summed E-state index contributed by atoms with van der Waals surface area (Å²) in [5.41, 5.74) is 5.84. The van der Waals surface area contributed by atoms with E-state index in [1.165, 1.54) is 41.4 Å². The molecule has 4 aliphatic heterocycles. The van der Waals surface area contributed by atoms with Crippen molar-refractivity contribution in [2.45, 2.75) is 26.1 Å². The van der Waals surface area contributed by atoms with Crippen LogP contribution in [-0.2, 0) is 21.0 Å². The number of piperidine rings is 2. The molecular formula is C44H42Cl2F2N8O6S3. The van der Waals surface area contributed by atoms with E-state index in [1.54, 1.807) is 24.5 Å². The van der Waals surface area contributed by atoms with E-state index in [4.69, 9.17) is 39.0 Å². The van der Waals surface area contributed by atoms with Crippen LogP contribution < -0.4 is 19.7 Å². The second-order valence-corrected chi connectivity index (χ2v) is 18.4. The van der Waals surface area contributed by atoms with Crippen LogP contribution in [-0.4, -0.2) is 103 Å². The van der Waals surface area contributed by atoms with Gasteiger partial charge >= 0.3 is 11.6 Å². The van der Waals surface area contributed by atoms with Crippen molar-refractivity contribution in [1.29, 1.82) is 0 Å². The largest absolute Gasteiger partial charge is 0.472 e. The standard InChI is InChI=1S/C24H21ClFN5O2S.C20H20FN3O2S.ClH.O2S/c1-13-2-3-17(19(26)4-13)18-11-34-22-20(18)29-12-30-23(22)33-21-14-7-31(8-15(21)10-32-9-14)24-27-5-16(25)6-28-24;1-11-2-3-14(16(21)4-11)15-9-27-19-17(15)23-10-24-20(19)26-18-12-5-22-6-13(18)8-25-7-12;;1-3-2/h2-6,11-12,14-15,21H,7-10H2,1H3;2-4,9-10,12-13,18,22H,5-8H2,1H3;1H;. The zero-order valence-corrected chi connectivity index (χ0v) is 38.9. The highest BCUT2D eigenvalue weighted by Gasteiger charge is 2.43. The first kappa shape index (κ1) is 46.7. The van der Waals surface area contributed by atoms with Gasteiger partial charge in [0, 0.05) is 82.9 Å². The molecule has 7 aromatic rings. The van der Waals surface area contributed by atoms with Gasteiger partial charge in [0.2, 0.25) is 17.7 Å². The second-order valence-electron chi connectivity index (χ2n) is 16.1. The van der Waals surface area contributed by atoms with Crippen LogP contribution in [0.15, 0.2) is 72.2 Å². The Bertz CT molecular complexity index is 2790. The third-order valence-electron chi connectivity index (χ3n) is 11.8. The van der Waals surface area contributed by atoms with E-state index < -0.39 is 11.6 Å². The maximum Gasteiger partial charge on any atom is 0.335 e. The quantitative estimate of drug-likeness (QED) is 0.164. The highest BCUT2D eigenvalue weighted by atomic mass is 35.5. The normalized spacial score (nSPS) is 22.1. The van der Waals surface area contributed by atoms with E-state index in [0.29, 0.717) is 90.7 Å². The number of hydrogen-bond acceptors (Lipinski definition) is 16. The Balaban J connectivity index is 0.000000168. The molecule has 0 amide bonds. The molecular weight excluding hydrogens is 942 g/mol. The molecule has 4 bridgehead atoms. The molecule has 4 unspecified atom stereocenters. The minimum atomic E-state index is -0.750. The van der Waals surface area contributed by atoms with E-state index in [0.717, 1.165) is 50.3 Å². The van der Waals surface area contributed by atoms with Crippen molar-refractivity contribution >= 4 is 84.6 Å². The zero-order valence-electron chi connectivity index (χ0n) is 34.9. The summed E-state index contributed by atoms with van der Waals surface area (Å²) in [6.07, 6.45) is 6.25. The van der Waals surface area contributed by atoms with Gasteiger partial charge in [-0.3, -0.25) is 0 Å². The van der Waals surface area contributed by atoms with Crippen molar-refractivity contribution in [3.63, 3.8) is 0 Å². The number of aromatic nitrogens is 6. The molecule has 14 nitrogen and oxygen atoms in total. The fourth-order valence-electron chi connectivity index (χ4n) is 8.81. The molecule has 65 heavy (non-hydrogen) atoms. The number of fused-ring (bicyclic) bond motifs is 6. The highest BCUT2D eigenvalue weighted by Crippen LogP contribution is 2.42. The van der Waals surface area contributed by atoms with E-state index in [2.05, 4.69) is 40.1 Å². The number of halogens is 4. The monoisotopic (exact) mass is 982 g/mol. The predicted octanol–water partition coefficient (Wildman–Crippen LogP) is 7.95. The van der Waals surface area contributed by atoms with Gasteiger partial charge in [0.05, 0.1) is 54.9 Å². The highest BCUT2D eigenvalue weighted by molar-refractivity contribution is 7.51. The summed E-state index contributed by atoms with van der Waals surface area (Å²) in [7, 11) is 0. The number of aryl methyl sites for hydroxylation is 2. The van der Waals surface area contributed by atoms with E-state index in [-0.39, 0.29) is 48.1 Å². The van der Waals surface area contributed by atoms with Crippen LogP contribution in [0, 0.1) is 49.2 Å². The first-order valence-electron chi connectivity index (χ1n) is 20.5. The number of nitrogens with zero attached hydrogens (tertiary/aromatic N) is 7. The van der Waals surface area contributed by atoms with Crippen LogP contribution in [0.3, 0.4) is 0 Å². The SMILES string of the molecule is Cc1ccc(-c2csc3c(OC4C5CNCC4COC5)ncnc23)c(F)c1.Cc1ccc(-c2csc3c(OC4C5COCC4CN(c4ncc(Cl)cn4)C5)ncnc23)c(F)c1.Cl.O=S=O. The zero-order chi connectivity index (χ0) is 44.3. The smallest absolute Gasteiger partial charge is 0.335 e. The van der Waals surface area contributed by atoms with Gasteiger partial charge in [0.15, 0.2) is 0 Å².